The first-order valence-corrected chi connectivity index (χ1v) is 6.49. The van der Waals surface area contributed by atoms with Gasteiger partial charge in [-0.2, -0.15) is 0 Å². The molecule has 112 valence electrons. The molecule has 0 bridgehead atoms. The Morgan fingerprint density at radius 1 is 1.48 bits per heavy atom. The molecule has 8 heteroatoms. The van der Waals surface area contributed by atoms with Crippen LogP contribution in [0.5, 0.6) is 5.75 Å². The van der Waals surface area contributed by atoms with E-state index in [1.165, 1.54) is 11.7 Å². The first-order chi connectivity index (χ1) is 10.1. The van der Waals surface area contributed by atoms with E-state index >= 15 is 0 Å². The standard InChI is InChI=1S/C13H17N5O3/c1-4-8-11(19)6-5-9(15-8)12-10(18(3)17-16-12)7-21-13(20)14-2/h5-6,19H,4,7H2,1-3H3,(H,14,20). The van der Waals surface area contributed by atoms with Crippen molar-refractivity contribution >= 4 is 6.09 Å². The Kier molecular flexibility index (Phi) is 4.36. The van der Waals surface area contributed by atoms with Gasteiger partial charge in [0.05, 0.1) is 11.4 Å². The number of aryl methyl sites for hydroxylation is 2. The molecule has 0 fully saturated rings. The summed E-state index contributed by atoms with van der Waals surface area (Å²) in [6.45, 7) is 1.93. The number of hydrogen-bond donors (Lipinski definition) is 2. The summed E-state index contributed by atoms with van der Waals surface area (Å²) in [5.41, 5.74) is 2.31. The van der Waals surface area contributed by atoms with Crippen molar-refractivity contribution in [3.05, 3.63) is 23.5 Å². The fourth-order valence-corrected chi connectivity index (χ4v) is 1.83. The lowest BCUT2D eigenvalue weighted by Crippen LogP contribution is -2.19. The van der Waals surface area contributed by atoms with Gasteiger partial charge in [-0.15, -0.1) is 5.10 Å². The monoisotopic (exact) mass is 291 g/mol. The van der Waals surface area contributed by atoms with Gasteiger partial charge in [-0.1, -0.05) is 12.1 Å². The lowest BCUT2D eigenvalue weighted by Gasteiger charge is -2.07. The fourth-order valence-electron chi connectivity index (χ4n) is 1.83. The molecule has 0 saturated carbocycles. The summed E-state index contributed by atoms with van der Waals surface area (Å²) in [5.74, 6) is 0.147. The normalized spacial score (nSPS) is 10.4. The summed E-state index contributed by atoms with van der Waals surface area (Å²) in [7, 11) is 3.19. The van der Waals surface area contributed by atoms with Gasteiger partial charge >= 0.3 is 6.09 Å². The van der Waals surface area contributed by atoms with E-state index < -0.39 is 6.09 Å². The molecule has 2 rings (SSSR count). The van der Waals surface area contributed by atoms with Crippen LogP contribution in [0.25, 0.3) is 11.4 Å². The van der Waals surface area contributed by atoms with Crippen molar-refractivity contribution < 1.29 is 14.6 Å². The van der Waals surface area contributed by atoms with Gasteiger partial charge in [0.15, 0.2) is 0 Å². The molecule has 0 radical (unpaired) electrons. The molecule has 2 heterocycles. The van der Waals surface area contributed by atoms with Crippen LogP contribution in [0.3, 0.4) is 0 Å². The number of pyridine rings is 1. The van der Waals surface area contributed by atoms with Crippen molar-refractivity contribution in [3.63, 3.8) is 0 Å². The molecule has 0 aliphatic heterocycles. The van der Waals surface area contributed by atoms with E-state index in [9.17, 15) is 9.90 Å². The van der Waals surface area contributed by atoms with Gasteiger partial charge in [0, 0.05) is 14.1 Å². The molecule has 0 atom stereocenters. The molecular formula is C13H17N5O3. The van der Waals surface area contributed by atoms with Crippen LogP contribution in [-0.2, 0) is 24.8 Å². The van der Waals surface area contributed by atoms with E-state index in [2.05, 4.69) is 20.6 Å². The summed E-state index contributed by atoms with van der Waals surface area (Å²) in [4.78, 5) is 15.5. The minimum absolute atomic E-state index is 0.0303. The molecule has 1 amide bonds. The Hall–Kier alpha value is -2.64. The van der Waals surface area contributed by atoms with E-state index in [1.807, 2.05) is 6.92 Å². The number of aromatic nitrogens is 4. The Bertz CT molecular complexity index is 653. The highest BCUT2D eigenvalue weighted by Gasteiger charge is 2.16. The molecule has 0 saturated heterocycles. The Balaban J connectivity index is 2.34. The zero-order valence-corrected chi connectivity index (χ0v) is 12.1. The molecule has 21 heavy (non-hydrogen) atoms. The third-order valence-electron chi connectivity index (χ3n) is 3.01. The van der Waals surface area contributed by atoms with Crippen LogP contribution in [0.15, 0.2) is 12.1 Å². The summed E-state index contributed by atoms with van der Waals surface area (Å²) >= 11 is 0. The van der Waals surface area contributed by atoms with E-state index in [-0.39, 0.29) is 12.4 Å². The average Bonchev–Trinajstić information content (AvgIpc) is 2.86. The molecule has 0 aliphatic carbocycles. The van der Waals surface area contributed by atoms with Crippen LogP contribution in [0.4, 0.5) is 4.79 Å². The maximum Gasteiger partial charge on any atom is 0.407 e. The van der Waals surface area contributed by atoms with Crippen molar-refractivity contribution in [3.8, 4) is 17.1 Å². The molecule has 0 aliphatic rings. The molecule has 2 aromatic rings. The number of alkyl carbamates (subject to hydrolysis) is 1. The predicted octanol–water partition coefficient (Wildman–Crippen LogP) is 1.00. The molecule has 0 aromatic carbocycles. The maximum atomic E-state index is 11.2. The molecule has 0 spiro atoms. The van der Waals surface area contributed by atoms with Gasteiger partial charge in [-0.05, 0) is 18.6 Å². The Labute approximate surface area is 121 Å². The topological polar surface area (TPSA) is 102 Å². The average molecular weight is 291 g/mol. The van der Waals surface area contributed by atoms with Crippen molar-refractivity contribution in [2.45, 2.75) is 20.0 Å². The minimum atomic E-state index is -0.532. The summed E-state index contributed by atoms with van der Waals surface area (Å²) < 4.78 is 6.56. The van der Waals surface area contributed by atoms with Crippen molar-refractivity contribution in [2.24, 2.45) is 7.05 Å². The highest BCUT2D eigenvalue weighted by molar-refractivity contribution is 5.67. The third kappa shape index (κ3) is 3.10. The second-order valence-electron chi connectivity index (χ2n) is 4.35. The van der Waals surface area contributed by atoms with Crippen LogP contribution < -0.4 is 5.32 Å². The number of aromatic hydroxyl groups is 1. The number of ether oxygens (including phenoxy) is 1. The van der Waals surface area contributed by atoms with Crippen molar-refractivity contribution in [2.75, 3.05) is 7.05 Å². The summed E-state index contributed by atoms with van der Waals surface area (Å²) in [6.07, 6.45) is 0.0689. The highest BCUT2D eigenvalue weighted by Crippen LogP contribution is 2.24. The lowest BCUT2D eigenvalue weighted by molar-refractivity contribution is 0.139. The third-order valence-corrected chi connectivity index (χ3v) is 3.01. The van der Waals surface area contributed by atoms with Gasteiger partial charge in [-0.3, -0.25) is 0 Å². The number of nitrogens with one attached hydrogen (secondary N) is 1. The van der Waals surface area contributed by atoms with Gasteiger partial charge in [0.1, 0.15) is 23.7 Å². The Morgan fingerprint density at radius 2 is 2.24 bits per heavy atom. The quantitative estimate of drug-likeness (QED) is 0.871. The number of rotatable bonds is 4. The van der Waals surface area contributed by atoms with E-state index in [0.29, 0.717) is 29.2 Å². The van der Waals surface area contributed by atoms with Crippen LogP contribution >= 0.6 is 0 Å². The first-order valence-electron chi connectivity index (χ1n) is 6.49. The second-order valence-corrected chi connectivity index (χ2v) is 4.35. The van der Waals surface area contributed by atoms with Gasteiger partial charge in [0.25, 0.3) is 0 Å². The summed E-state index contributed by atoms with van der Waals surface area (Å²) in [6, 6.07) is 3.22. The molecule has 8 nitrogen and oxygen atoms in total. The fraction of sp³-hybridized carbons (Fsp3) is 0.385. The number of nitrogens with zero attached hydrogens (tertiary/aromatic N) is 4. The van der Waals surface area contributed by atoms with Crippen LogP contribution in [0.2, 0.25) is 0 Å². The maximum absolute atomic E-state index is 11.2. The van der Waals surface area contributed by atoms with Crippen LogP contribution in [0, 0.1) is 0 Å². The number of carbonyl (C=O) groups excluding carboxylic acids is 1. The van der Waals surface area contributed by atoms with E-state index in [4.69, 9.17) is 4.74 Å². The van der Waals surface area contributed by atoms with E-state index in [0.717, 1.165) is 0 Å². The lowest BCUT2D eigenvalue weighted by atomic mass is 10.2. The van der Waals surface area contributed by atoms with Gasteiger partial charge in [0.2, 0.25) is 0 Å². The van der Waals surface area contributed by atoms with Crippen LogP contribution in [-0.4, -0.2) is 38.2 Å². The van der Waals surface area contributed by atoms with Crippen molar-refractivity contribution in [1.82, 2.24) is 25.3 Å². The molecule has 0 unspecified atom stereocenters. The number of hydrogen-bond acceptors (Lipinski definition) is 6. The zero-order valence-electron chi connectivity index (χ0n) is 12.1. The largest absolute Gasteiger partial charge is 0.506 e. The number of carbonyl (C=O) groups is 1. The first kappa shape index (κ1) is 14.8. The molecular weight excluding hydrogens is 274 g/mol. The zero-order chi connectivity index (χ0) is 15.4. The van der Waals surface area contributed by atoms with Crippen molar-refractivity contribution in [1.29, 1.82) is 0 Å². The SMILES string of the molecule is CCc1nc(-c2nnn(C)c2COC(=O)NC)ccc1O. The second kappa shape index (κ2) is 6.21. The smallest absolute Gasteiger partial charge is 0.407 e. The minimum Gasteiger partial charge on any atom is -0.506 e. The van der Waals surface area contributed by atoms with Gasteiger partial charge < -0.3 is 15.2 Å². The van der Waals surface area contributed by atoms with E-state index in [1.54, 1.807) is 19.2 Å². The highest BCUT2D eigenvalue weighted by atomic mass is 16.5. The molecule has 2 N–H and O–H groups in total. The predicted molar refractivity (Wildman–Crippen MR) is 74.5 cm³/mol. The Morgan fingerprint density at radius 3 is 2.90 bits per heavy atom. The van der Waals surface area contributed by atoms with Crippen LogP contribution in [0.1, 0.15) is 18.3 Å². The molecule has 2 aromatic heterocycles. The van der Waals surface area contributed by atoms with Gasteiger partial charge in [-0.25, -0.2) is 14.5 Å². The number of amides is 1. The summed E-state index contributed by atoms with van der Waals surface area (Å²) in [5, 5.41) is 20.0.